The second-order valence-electron chi connectivity index (χ2n) is 8.82. The Bertz CT molecular complexity index is 1000. The molecule has 2 aliphatic carbocycles. The second kappa shape index (κ2) is 9.18. The minimum absolute atomic E-state index is 0.341. The Labute approximate surface area is 216 Å². The van der Waals surface area contributed by atoms with E-state index in [1.807, 2.05) is 6.07 Å². The number of hydrogen-bond donors (Lipinski definition) is 2. The van der Waals surface area contributed by atoms with Crippen molar-refractivity contribution < 1.29 is 18.9 Å². The fourth-order valence-corrected chi connectivity index (χ4v) is 6.40. The number of rotatable bonds is 0. The van der Waals surface area contributed by atoms with Gasteiger partial charge in [-0.05, 0) is 98.5 Å². The Morgan fingerprint density at radius 1 is 0.688 bits per heavy atom. The van der Waals surface area contributed by atoms with Crippen LogP contribution in [0.4, 0.5) is 11.4 Å². The van der Waals surface area contributed by atoms with Crippen molar-refractivity contribution in [1.29, 1.82) is 0 Å². The number of fused-ring (bicyclic) bond motifs is 2. The minimum atomic E-state index is -0.341. The van der Waals surface area contributed by atoms with E-state index >= 15 is 0 Å². The number of halogens is 2. The van der Waals surface area contributed by atoms with E-state index < -0.39 is 0 Å². The quantitative estimate of drug-likeness (QED) is 0.325. The van der Waals surface area contributed by atoms with Gasteiger partial charge in [0.25, 0.3) is 0 Å². The average molecular weight is 662 g/mol. The van der Waals surface area contributed by atoms with Crippen LogP contribution in [-0.4, -0.2) is 38.0 Å². The predicted octanol–water partition coefficient (Wildman–Crippen LogP) is 4.21. The summed E-state index contributed by atoms with van der Waals surface area (Å²) >= 11 is 4.61. The van der Waals surface area contributed by atoms with Crippen LogP contribution in [-0.2, 0) is 44.6 Å². The molecule has 0 amide bonds. The Kier molecular flexibility index (Phi) is 6.63. The largest absolute Gasteiger partial charge is 0.398 e. The van der Waals surface area contributed by atoms with Gasteiger partial charge in [0.1, 0.15) is 0 Å². The van der Waals surface area contributed by atoms with Gasteiger partial charge >= 0.3 is 0 Å². The van der Waals surface area contributed by atoms with Crippen LogP contribution in [0.25, 0.3) is 0 Å². The van der Waals surface area contributed by atoms with Crippen LogP contribution in [0.15, 0.2) is 24.3 Å². The highest BCUT2D eigenvalue weighted by molar-refractivity contribution is 14.1. The van der Waals surface area contributed by atoms with Crippen LogP contribution in [0, 0.1) is 7.14 Å². The third kappa shape index (κ3) is 4.50. The zero-order valence-corrected chi connectivity index (χ0v) is 22.2. The highest BCUT2D eigenvalue weighted by atomic mass is 127. The van der Waals surface area contributed by atoms with Gasteiger partial charge in [-0.3, -0.25) is 0 Å². The molecule has 0 atom stereocenters. The molecule has 2 aliphatic heterocycles. The summed E-state index contributed by atoms with van der Waals surface area (Å²) in [5.41, 5.74) is 19.0. The van der Waals surface area contributed by atoms with Gasteiger partial charge < -0.3 is 30.4 Å². The van der Waals surface area contributed by atoms with Crippen LogP contribution in [0.5, 0.6) is 0 Å². The third-order valence-electron chi connectivity index (χ3n) is 6.77. The first-order valence-corrected chi connectivity index (χ1v) is 13.2. The van der Waals surface area contributed by atoms with E-state index in [0.717, 1.165) is 79.9 Å². The SMILES string of the molecule is Nc1cc2c(cc1I)CC1(CC2)OCCO1.Nc1ccc2c(c1I)CCC1(C2)OCCO1. The van der Waals surface area contributed by atoms with Gasteiger partial charge in [0.05, 0.1) is 26.4 Å². The zero-order chi connectivity index (χ0) is 22.3. The van der Waals surface area contributed by atoms with Crippen molar-refractivity contribution in [2.24, 2.45) is 0 Å². The van der Waals surface area contributed by atoms with E-state index in [1.165, 1.54) is 25.8 Å². The molecule has 4 N–H and O–H groups in total. The molecule has 6 rings (SSSR count). The lowest BCUT2D eigenvalue weighted by Crippen LogP contribution is -2.37. The number of aryl methyl sites for hydroxylation is 1. The van der Waals surface area contributed by atoms with Crippen LogP contribution < -0.4 is 11.5 Å². The maximum Gasteiger partial charge on any atom is 0.172 e. The van der Waals surface area contributed by atoms with Crippen molar-refractivity contribution in [2.75, 3.05) is 37.9 Å². The second-order valence-corrected chi connectivity index (χ2v) is 11.1. The van der Waals surface area contributed by atoms with Crippen LogP contribution in [0.3, 0.4) is 0 Å². The monoisotopic (exact) mass is 662 g/mol. The van der Waals surface area contributed by atoms with Crippen molar-refractivity contribution in [3.05, 3.63) is 53.7 Å². The summed E-state index contributed by atoms with van der Waals surface area (Å²) in [7, 11) is 0. The van der Waals surface area contributed by atoms with E-state index in [4.69, 9.17) is 30.4 Å². The molecule has 0 bridgehead atoms. The van der Waals surface area contributed by atoms with Crippen molar-refractivity contribution in [2.45, 2.75) is 50.1 Å². The molecule has 0 aromatic heterocycles. The maximum absolute atomic E-state index is 5.92. The average Bonchev–Trinajstić information content (AvgIpc) is 3.43. The normalized spacial score (nSPS) is 22.3. The Morgan fingerprint density at radius 3 is 1.94 bits per heavy atom. The number of hydrogen-bond acceptors (Lipinski definition) is 6. The van der Waals surface area contributed by atoms with Crippen molar-refractivity contribution >= 4 is 56.6 Å². The summed E-state index contributed by atoms with van der Waals surface area (Å²) in [6.45, 7) is 2.89. The summed E-state index contributed by atoms with van der Waals surface area (Å²) in [5.74, 6) is -0.682. The topological polar surface area (TPSA) is 89.0 Å². The molecule has 0 unspecified atom stereocenters. The van der Waals surface area contributed by atoms with Crippen LogP contribution in [0.1, 0.15) is 35.1 Å². The molecule has 0 radical (unpaired) electrons. The molecule has 32 heavy (non-hydrogen) atoms. The molecule has 2 aromatic carbocycles. The lowest BCUT2D eigenvalue weighted by atomic mass is 9.87. The zero-order valence-electron chi connectivity index (χ0n) is 17.9. The fraction of sp³-hybridized carbons (Fsp3) is 0.500. The molecule has 2 saturated heterocycles. The standard InChI is InChI=1S/2C12H14INO2/c13-10-5-9-7-12(15-3-4-16-12)2-1-8(9)6-11(10)14;13-11-9-3-4-12(15-5-6-16-12)7-8(9)1-2-10(11)14/h5-6H,1-4,7,14H2;1-2H,3-7,14H2. The summed E-state index contributed by atoms with van der Waals surface area (Å²) in [6.07, 6.45) is 5.60. The number of anilines is 2. The van der Waals surface area contributed by atoms with Crippen LogP contribution >= 0.6 is 45.2 Å². The Hall–Kier alpha value is -0.660. The fourth-order valence-electron chi connectivity index (χ4n) is 5.08. The number of benzene rings is 2. The molecule has 172 valence electrons. The van der Waals surface area contributed by atoms with Gasteiger partial charge in [-0.1, -0.05) is 6.07 Å². The number of nitrogen functional groups attached to an aromatic ring is 2. The maximum atomic E-state index is 5.92. The summed E-state index contributed by atoms with van der Waals surface area (Å²) in [6, 6.07) is 8.35. The molecule has 2 aromatic rings. The lowest BCUT2D eigenvalue weighted by Gasteiger charge is -2.33. The van der Waals surface area contributed by atoms with E-state index in [9.17, 15) is 0 Å². The van der Waals surface area contributed by atoms with E-state index in [1.54, 1.807) is 0 Å². The molecule has 4 aliphatic rings. The van der Waals surface area contributed by atoms with Crippen molar-refractivity contribution in [3.63, 3.8) is 0 Å². The van der Waals surface area contributed by atoms with E-state index in [2.05, 4.69) is 63.4 Å². The highest BCUT2D eigenvalue weighted by Gasteiger charge is 2.41. The van der Waals surface area contributed by atoms with Crippen LogP contribution in [0.2, 0.25) is 0 Å². The number of ether oxygens (including phenoxy) is 4. The molecule has 8 heteroatoms. The molecule has 2 fully saturated rings. The molecular formula is C24H28I2N2O4. The minimum Gasteiger partial charge on any atom is -0.398 e. The molecule has 6 nitrogen and oxygen atoms in total. The van der Waals surface area contributed by atoms with Gasteiger partial charge in [-0.2, -0.15) is 0 Å². The van der Waals surface area contributed by atoms with Gasteiger partial charge in [0, 0.05) is 44.2 Å². The van der Waals surface area contributed by atoms with E-state index in [-0.39, 0.29) is 11.6 Å². The predicted molar refractivity (Wildman–Crippen MR) is 140 cm³/mol. The van der Waals surface area contributed by atoms with Crippen molar-refractivity contribution in [3.8, 4) is 0 Å². The van der Waals surface area contributed by atoms with Gasteiger partial charge in [-0.25, -0.2) is 0 Å². The molecule has 2 heterocycles. The molecular weight excluding hydrogens is 634 g/mol. The summed E-state index contributed by atoms with van der Waals surface area (Å²) in [4.78, 5) is 0. The highest BCUT2D eigenvalue weighted by Crippen LogP contribution is 2.39. The Balaban J connectivity index is 0.000000135. The smallest absolute Gasteiger partial charge is 0.172 e. The van der Waals surface area contributed by atoms with Gasteiger partial charge in [0.15, 0.2) is 11.6 Å². The summed E-state index contributed by atoms with van der Waals surface area (Å²) < 4.78 is 25.3. The van der Waals surface area contributed by atoms with E-state index in [0.29, 0.717) is 0 Å². The molecule has 0 saturated carbocycles. The summed E-state index contributed by atoms with van der Waals surface area (Å²) in [5, 5.41) is 0. The van der Waals surface area contributed by atoms with Gasteiger partial charge in [-0.15, -0.1) is 0 Å². The molecule has 2 spiro atoms. The van der Waals surface area contributed by atoms with Gasteiger partial charge in [0.2, 0.25) is 0 Å². The first kappa shape index (κ1) is 23.1. The Morgan fingerprint density at radius 2 is 1.28 bits per heavy atom. The first-order valence-electron chi connectivity index (χ1n) is 11.1. The third-order valence-corrected chi connectivity index (χ3v) is 8.97. The first-order chi connectivity index (χ1) is 15.4. The lowest BCUT2D eigenvalue weighted by molar-refractivity contribution is -0.164. The van der Waals surface area contributed by atoms with Crippen molar-refractivity contribution in [1.82, 2.24) is 0 Å². The number of nitrogens with two attached hydrogens (primary N) is 2.